The second-order valence-electron chi connectivity index (χ2n) is 3.87. The molecule has 2 rings (SSSR count). The fourth-order valence-electron chi connectivity index (χ4n) is 1.47. The summed E-state index contributed by atoms with van der Waals surface area (Å²) in [6, 6.07) is 1.68. The molecule has 0 atom stereocenters. The molecule has 0 spiro atoms. The number of carbonyl (C=O) groups is 1. The largest absolute Gasteiger partial charge is 0.333 e. The van der Waals surface area contributed by atoms with Gasteiger partial charge in [-0.3, -0.25) is 14.6 Å². The van der Waals surface area contributed by atoms with Crippen LogP contribution in [-0.2, 0) is 13.6 Å². The number of rotatable bonds is 3. The Bertz CT molecular complexity index is 528. The van der Waals surface area contributed by atoms with Gasteiger partial charge in [-0.15, -0.1) is 0 Å². The monoisotopic (exact) mass is 234 g/mol. The minimum absolute atomic E-state index is 0.145. The van der Waals surface area contributed by atoms with Crippen LogP contribution in [0.3, 0.4) is 0 Å². The minimum atomic E-state index is -0.145. The van der Waals surface area contributed by atoms with Gasteiger partial charge in [0, 0.05) is 20.3 Å². The molecule has 2 heterocycles. The molecule has 0 bridgehead atoms. The Balaban J connectivity index is 2.05. The molecule has 1 amide bonds. The second kappa shape index (κ2) is 4.36. The van der Waals surface area contributed by atoms with Crippen LogP contribution in [0.4, 0.5) is 0 Å². The van der Waals surface area contributed by atoms with E-state index in [1.807, 2.05) is 6.92 Å². The summed E-state index contributed by atoms with van der Waals surface area (Å²) in [5.41, 5.74) is 0.419. The molecule has 17 heavy (non-hydrogen) atoms. The van der Waals surface area contributed by atoms with Crippen molar-refractivity contribution in [2.24, 2.45) is 7.05 Å². The average Bonchev–Trinajstić information content (AvgIpc) is 2.87. The Morgan fingerprint density at radius 1 is 1.59 bits per heavy atom. The lowest BCUT2D eigenvalue weighted by Crippen LogP contribution is -2.27. The first-order valence-corrected chi connectivity index (χ1v) is 5.19. The van der Waals surface area contributed by atoms with Crippen molar-refractivity contribution in [3.8, 4) is 0 Å². The molecule has 0 saturated heterocycles. The molecule has 0 radical (unpaired) electrons. The van der Waals surface area contributed by atoms with E-state index in [1.165, 1.54) is 4.90 Å². The van der Waals surface area contributed by atoms with Crippen LogP contribution >= 0.6 is 0 Å². The number of nitrogens with one attached hydrogen (secondary N) is 1. The van der Waals surface area contributed by atoms with Crippen LogP contribution in [0.1, 0.15) is 22.1 Å². The Labute approximate surface area is 98.5 Å². The quantitative estimate of drug-likeness (QED) is 0.818. The molecule has 0 aliphatic carbocycles. The van der Waals surface area contributed by atoms with Crippen molar-refractivity contribution in [1.29, 1.82) is 0 Å². The van der Waals surface area contributed by atoms with Gasteiger partial charge in [-0.05, 0) is 13.0 Å². The summed E-state index contributed by atoms with van der Waals surface area (Å²) in [6.07, 6.45) is 1.73. The zero-order valence-corrected chi connectivity index (χ0v) is 10.0. The van der Waals surface area contributed by atoms with Crippen molar-refractivity contribution >= 4 is 5.91 Å². The first-order chi connectivity index (χ1) is 8.06. The number of hydrogen-bond acceptors (Lipinski definition) is 4. The smallest absolute Gasteiger partial charge is 0.274 e. The number of aromatic amines is 1. The van der Waals surface area contributed by atoms with Crippen molar-refractivity contribution in [3.05, 3.63) is 29.6 Å². The lowest BCUT2D eigenvalue weighted by molar-refractivity contribution is 0.0775. The lowest BCUT2D eigenvalue weighted by atomic mass is 10.3. The van der Waals surface area contributed by atoms with Crippen LogP contribution in [0.15, 0.2) is 12.3 Å². The number of carbonyl (C=O) groups excluding carboxylic acids is 1. The molecule has 0 aliphatic rings. The molecular formula is C10H14N6O. The number of nitrogens with zero attached hydrogens (tertiary/aromatic N) is 5. The van der Waals surface area contributed by atoms with Gasteiger partial charge in [0.2, 0.25) is 0 Å². The molecule has 0 saturated carbocycles. The normalized spacial score (nSPS) is 10.5. The van der Waals surface area contributed by atoms with Crippen LogP contribution in [0.5, 0.6) is 0 Å². The molecule has 90 valence electrons. The summed E-state index contributed by atoms with van der Waals surface area (Å²) in [7, 11) is 3.47. The predicted octanol–water partition coefficient (Wildman–Crippen LogP) is 0.119. The molecule has 2 aromatic rings. The standard InChI is InChI=1S/C10H14N6O/c1-7-11-9(13-12-7)6-15(2)10(17)8-4-5-16(3)14-8/h4-5H,6H2,1-3H3,(H,11,12,13). The lowest BCUT2D eigenvalue weighted by Gasteiger charge is -2.13. The number of hydrogen-bond donors (Lipinski definition) is 1. The van der Waals surface area contributed by atoms with Crippen LogP contribution in [0.25, 0.3) is 0 Å². The van der Waals surface area contributed by atoms with Crippen molar-refractivity contribution in [2.75, 3.05) is 7.05 Å². The van der Waals surface area contributed by atoms with E-state index >= 15 is 0 Å². The molecule has 7 heteroatoms. The summed E-state index contributed by atoms with van der Waals surface area (Å²) in [4.78, 5) is 17.6. The average molecular weight is 234 g/mol. The van der Waals surface area contributed by atoms with E-state index in [4.69, 9.17) is 0 Å². The summed E-state index contributed by atoms with van der Waals surface area (Å²) in [5, 5.41) is 10.8. The Hall–Kier alpha value is -2.18. The van der Waals surface area contributed by atoms with E-state index in [1.54, 1.807) is 31.0 Å². The summed E-state index contributed by atoms with van der Waals surface area (Å²) >= 11 is 0. The number of aromatic nitrogens is 5. The van der Waals surface area contributed by atoms with Gasteiger partial charge in [0.05, 0.1) is 6.54 Å². The van der Waals surface area contributed by atoms with Crippen LogP contribution in [-0.4, -0.2) is 42.8 Å². The third kappa shape index (κ3) is 2.49. The van der Waals surface area contributed by atoms with E-state index in [2.05, 4.69) is 20.3 Å². The van der Waals surface area contributed by atoms with E-state index in [0.29, 0.717) is 18.1 Å². The van der Waals surface area contributed by atoms with Crippen molar-refractivity contribution < 1.29 is 4.79 Å². The Kier molecular flexibility index (Phi) is 2.90. The van der Waals surface area contributed by atoms with Gasteiger partial charge < -0.3 is 4.90 Å². The fourth-order valence-corrected chi connectivity index (χ4v) is 1.47. The van der Waals surface area contributed by atoms with E-state index in [-0.39, 0.29) is 5.91 Å². The number of H-pyrrole nitrogens is 1. The van der Waals surface area contributed by atoms with Gasteiger partial charge in [-0.2, -0.15) is 10.2 Å². The highest BCUT2D eigenvalue weighted by atomic mass is 16.2. The van der Waals surface area contributed by atoms with Crippen LogP contribution in [0, 0.1) is 6.92 Å². The molecular weight excluding hydrogens is 220 g/mol. The van der Waals surface area contributed by atoms with Crippen molar-refractivity contribution in [1.82, 2.24) is 29.9 Å². The zero-order chi connectivity index (χ0) is 12.4. The summed E-state index contributed by atoms with van der Waals surface area (Å²) in [6.45, 7) is 2.18. The van der Waals surface area contributed by atoms with Gasteiger partial charge >= 0.3 is 0 Å². The molecule has 0 fully saturated rings. The highest BCUT2D eigenvalue weighted by molar-refractivity contribution is 5.91. The van der Waals surface area contributed by atoms with Crippen molar-refractivity contribution in [3.63, 3.8) is 0 Å². The second-order valence-corrected chi connectivity index (χ2v) is 3.87. The van der Waals surface area contributed by atoms with Gasteiger partial charge in [0.25, 0.3) is 5.91 Å². The zero-order valence-electron chi connectivity index (χ0n) is 10.0. The minimum Gasteiger partial charge on any atom is -0.333 e. The van der Waals surface area contributed by atoms with E-state index < -0.39 is 0 Å². The van der Waals surface area contributed by atoms with Gasteiger partial charge in [-0.1, -0.05) is 0 Å². The molecule has 7 nitrogen and oxygen atoms in total. The van der Waals surface area contributed by atoms with E-state index in [9.17, 15) is 4.79 Å². The fraction of sp³-hybridized carbons (Fsp3) is 0.400. The molecule has 0 aromatic carbocycles. The highest BCUT2D eigenvalue weighted by Gasteiger charge is 2.15. The first kappa shape index (κ1) is 11.3. The molecule has 0 aliphatic heterocycles. The summed E-state index contributed by atoms with van der Waals surface area (Å²) in [5.74, 6) is 1.18. The Morgan fingerprint density at radius 3 is 2.88 bits per heavy atom. The third-order valence-corrected chi connectivity index (χ3v) is 2.30. The third-order valence-electron chi connectivity index (χ3n) is 2.30. The van der Waals surface area contributed by atoms with Gasteiger partial charge in [0.1, 0.15) is 11.5 Å². The Morgan fingerprint density at radius 2 is 2.35 bits per heavy atom. The maximum absolute atomic E-state index is 12.0. The molecule has 1 N–H and O–H groups in total. The maximum atomic E-state index is 12.0. The SMILES string of the molecule is Cc1nc(CN(C)C(=O)c2ccn(C)n2)n[nH]1. The van der Waals surface area contributed by atoms with E-state index in [0.717, 1.165) is 5.82 Å². The maximum Gasteiger partial charge on any atom is 0.274 e. The van der Waals surface area contributed by atoms with Gasteiger partial charge in [-0.25, -0.2) is 4.98 Å². The predicted molar refractivity (Wildman–Crippen MR) is 60.1 cm³/mol. The molecule has 0 unspecified atom stereocenters. The molecule has 2 aromatic heterocycles. The van der Waals surface area contributed by atoms with Crippen LogP contribution < -0.4 is 0 Å². The first-order valence-electron chi connectivity index (χ1n) is 5.19. The van der Waals surface area contributed by atoms with Crippen molar-refractivity contribution in [2.45, 2.75) is 13.5 Å². The topological polar surface area (TPSA) is 79.7 Å². The number of aryl methyl sites for hydroxylation is 2. The summed E-state index contributed by atoms with van der Waals surface area (Å²) < 4.78 is 1.60. The van der Waals surface area contributed by atoms with Crippen LogP contribution in [0.2, 0.25) is 0 Å². The number of amides is 1. The van der Waals surface area contributed by atoms with Gasteiger partial charge in [0.15, 0.2) is 5.82 Å². The highest BCUT2D eigenvalue weighted by Crippen LogP contribution is 2.03.